The van der Waals surface area contributed by atoms with E-state index in [2.05, 4.69) is 9.97 Å². The van der Waals surface area contributed by atoms with Crippen LogP contribution in [0.25, 0.3) is 11.0 Å². The minimum atomic E-state index is -1.07. The molecule has 1 aromatic carbocycles. The predicted molar refractivity (Wildman–Crippen MR) is 56.1 cm³/mol. The van der Waals surface area contributed by atoms with Crippen molar-refractivity contribution in [3.05, 3.63) is 34.2 Å². The van der Waals surface area contributed by atoms with Crippen molar-refractivity contribution >= 4 is 17.0 Å². The lowest BCUT2D eigenvalue weighted by molar-refractivity contribution is -0.139. The first-order chi connectivity index (χ1) is 7.56. The summed E-state index contributed by atoms with van der Waals surface area (Å²) >= 11 is 0. The molecule has 0 bridgehead atoms. The highest BCUT2D eigenvalue weighted by atomic mass is 16.4. The Morgan fingerprint density at radius 2 is 2.00 bits per heavy atom. The van der Waals surface area contributed by atoms with Crippen LogP contribution in [0.4, 0.5) is 0 Å². The molecule has 0 spiro atoms. The summed E-state index contributed by atoms with van der Waals surface area (Å²) in [6.45, 7) is 0. The zero-order chi connectivity index (χ0) is 11.7. The van der Waals surface area contributed by atoms with Crippen LogP contribution in [0.15, 0.2) is 23.0 Å². The fourth-order valence-corrected chi connectivity index (χ4v) is 1.54. The number of aromatic amines is 2. The quantitative estimate of drug-likeness (QED) is 0.601. The SMILES string of the molecule is O=C(O)CC(O)c1ccc2[nH]c(=O)[nH]c2c1. The number of imidazole rings is 1. The molecule has 2 aromatic rings. The Morgan fingerprint density at radius 1 is 1.31 bits per heavy atom. The highest BCUT2D eigenvalue weighted by molar-refractivity contribution is 5.75. The Labute approximate surface area is 89.5 Å². The van der Waals surface area contributed by atoms with Gasteiger partial charge in [0.2, 0.25) is 0 Å². The first-order valence-corrected chi connectivity index (χ1v) is 4.68. The van der Waals surface area contributed by atoms with Crippen molar-refractivity contribution < 1.29 is 15.0 Å². The molecule has 0 aliphatic heterocycles. The molecule has 1 aromatic heterocycles. The second-order valence-electron chi connectivity index (χ2n) is 3.50. The Morgan fingerprint density at radius 3 is 2.69 bits per heavy atom. The molecule has 0 saturated carbocycles. The predicted octanol–water partition coefficient (Wildman–Crippen LogP) is 0.364. The van der Waals surface area contributed by atoms with Gasteiger partial charge in [-0.15, -0.1) is 0 Å². The Balaban J connectivity index is 2.38. The van der Waals surface area contributed by atoms with E-state index in [1.54, 1.807) is 18.2 Å². The molecule has 4 N–H and O–H groups in total. The van der Waals surface area contributed by atoms with E-state index < -0.39 is 12.1 Å². The maximum Gasteiger partial charge on any atom is 0.323 e. The standard InChI is InChI=1S/C10H10N2O4/c13-8(4-9(14)15)5-1-2-6-7(3-5)12-10(16)11-6/h1-3,8,13H,4H2,(H,14,15)(H2,11,12,16). The van der Waals surface area contributed by atoms with Crippen LogP contribution < -0.4 is 5.69 Å². The van der Waals surface area contributed by atoms with Gasteiger partial charge >= 0.3 is 11.7 Å². The van der Waals surface area contributed by atoms with E-state index in [0.717, 1.165) is 0 Å². The molecule has 0 amide bonds. The van der Waals surface area contributed by atoms with Gasteiger partial charge in [-0.05, 0) is 17.7 Å². The van der Waals surface area contributed by atoms with Gasteiger partial charge in [-0.1, -0.05) is 6.07 Å². The van der Waals surface area contributed by atoms with E-state index in [0.29, 0.717) is 16.6 Å². The number of hydrogen-bond acceptors (Lipinski definition) is 3. The average Bonchev–Trinajstić information content (AvgIpc) is 2.55. The van der Waals surface area contributed by atoms with Gasteiger partial charge in [-0.2, -0.15) is 0 Å². The number of H-pyrrole nitrogens is 2. The molecule has 1 atom stereocenters. The van der Waals surface area contributed by atoms with Crippen molar-refractivity contribution in [1.82, 2.24) is 9.97 Å². The molecule has 6 heteroatoms. The summed E-state index contributed by atoms with van der Waals surface area (Å²) in [6.07, 6.45) is -1.43. The molecule has 6 nitrogen and oxygen atoms in total. The summed E-state index contributed by atoms with van der Waals surface area (Å²) in [5.41, 5.74) is 1.30. The molecule has 84 valence electrons. The van der Waals surface area contributed by atoms with Crippen molar-refractivity contribution in [2.24, 2.45) is 0 Å². The van der Waals surface area contributed by atoms with Crippen molar-refractivity contribution in [3.8, 4) is 0 Å². The molecule has 0 saturated heterocycles. The summed E-state index contributed by atoms with van der Waals surface area (Å²) < 4.78 is 0. The minimum absolute atomic E-state index is 0.333. The minimum Gasteiger partial charge on any atom is -0.481 e. The van der Waals surface area contributed by atoms with Gasteiger partial charge in [-0.3, -0.25) is 4.79 Å². The van der Waals surface area contributed by atoms with Crippen molar-refractivity contribution in [1.29, 1.82) is 0 Å². The first kappa shape index (κ1) is 10.4. The third-order valence-corrected chi connectivity index (χ3v) is 2.29. The third kappa shape index (κ3) is 1.96. The summed E-state index contributed by atoms with van der Waals surface area (Å²) in [6, 6.07) is 4.76. The van der Waals surface area contributed by atoms with Gasteiger partial charge in [0.15, 0.2) is 0 Å². The van der Waals surface area contributed by atoms with Crippen LogP contribution in [-0.4, -0.2) is 26.2 Å². The molecule has 0 aliphatic carbocycles. The smallest absolute Gasteiger partial charge is 0.323 e. The van der Waals surface area contributed by atoms with Gasteiger partial charge in [0.25, 0.3) is 0 Å². The lowest BCUT2D eigenvalue weighted by Crippen LogP contribution is -2.05. The van der Waals surface area contributed by atoms with E-state index in [4.69, 9.17) is 5.11 Å². The fraction of sp³-hybridized carbons (Fsp3) is 0.200. The normalized spacial score (nSPS) is 12.8. The number of aromatic nitrogens is 2. The maximum atomic E-state index is 11.0. The highest BCUT2D eigenvalue weighted by Crippen LogP contribution is 2.19. The van der Waals surface area contributed by atoms with Crippen molar-refractivity contribution in [2.75, 3.05) is 0 Å². The number of aliphatic hydroxyl groups excluding tert-OH is 1. The average molecular weight is 222 g/mol. The van der Waals surface area contributed by atoms with Crippen LogP contribution >= 0.6 is 0 Å². The Hall–Kier alpha value is -2.08. The third-order valence-electron chi connectivity index (χ3n) is 2.29. The molecular weight excluding hydrogens is 212 g/mol. The van der Waals surface area contributed by atoms with Crippen LogP contribution in [0.5, 0.6) is 0 Å². The number of nitrogens with one attached hydrogen (secondary N) is 2. The molecular formula is C10H10N2O4. The molecule has 1 heterocycles. The summed E-state index contributed by atoms with van der Waals surface area (Å²) in [4.78, 5) is 26.5. The maximum absolute atomic E-state index is 11.0. The lowest BCUT2D eigenvalue weighted by Gasteiger charge is -2.07. The number of benzene rings is 1. The number of hydrogen-bond donors (Lipinski definition) is 4. The van der Waals surface area contributed by atoms with E-state index in [9.17, 15) is 14.7 Å². The number of carbonyl (C=O) groups is 1. The lowest BCUT2D eigenvalue weighted by atomic mass is 10.1. The van der Waals surface area contributed by atoms with Gasteiger partial charge in [0.1, 0.15) is 0 Å². The van der Waals surface area contributed by atoms with Crippen LogP contribution in [-0.2, 0) is 4.79 Å². The van der Waals surface area contributed by atoms with Crippen LogP contribution in [0, 0.1) is 0 Å². The summed E-state index contributed by atoms with van der Waals surface area (Å²) in [5.74, 6) is -1.07. The van der Waals surface area contributed by atoms with E-state index >= 15 is 0 Å². The first-order valence-electron chi connectivity index (χ1n) is 4.68. The van der Waals surface area contributed by atoms with Gasteiger partial charge in [0.05, 0.1) is 23.6 Å². The largest absolute Gasteiger partial charge is 0.481 e. The van der Waals surface area contributed by atoms with Crippen molar-refractivity contribution in [3.63, 3.8) is 0 Å². The van der Waals surface area contributed by atoms with Gasteiger partial charge in [0, 0.05) is 0 Å². The highest BCUT2D eigenvalue weighted by Gasteiger charge is 2.12. The Bertz CT molecular complexity index is 584. The molecule has 2 rings (SSSR count). The van der Waals surface area contributed by atoms with Crippen LogP contribution in [0.2, 0.25) is 0 Å². The second kappa shape index (κ2) is 3.82. The number of carboxylic acid groups (broad SMARTS) is 1. The summed E-state index contributed by atoms with van der Waals surface area (Å²) in [7, 11) is 0. The van der Waals surface area contributed by atoms with Crippen LogP contribution in [0.3, 0.4) is 0 Å². The number of fused-ring (bicyclic) bond motifs is 1. The van der Waals surface area contributed by atoms with Crippen molar-refractivity contribution in [2.45, 2.75) is 12.5 Å². The molecule has 1 unspecified atom stereocenters. The van der Waals surface area contributed by atoms with Gasteiger partial charge < -0.3 is 20.2 Å². The molecule has 0 radical (unpaired) electrons. The number of rotatable bonds is 3. The summed E-state index contributed by atoms with van der Waals surface area (Å²) in [5, 5.41) is 18.1. The zero-order valence-corrected chi connectivity index (χ0v) is 8.23. The topological polar surface area (TPSA) is 106 Å². The number of carboxylic acids is 1. The van der Waals surface area contributed by atoms with E-state index in [1.165, 1.54) is 0 Å². The number of aliphatic hydroxyl groups is 1. The second-order valence-corrected chi connectivity index (χ2v) is 3.50. The molecule has 16 heavy (non-hydrogen) atoms. The van der Waals surface area contributed by atoms with E-state index in [1.807, 2.05) is 0 Å². The fourth-order valence-electron chi connectivity index (χ4n) is 1.54. The molecule has 0 aliphatic rings. The van der Waals surface area contributed by atoms with Gasteiger partial charge in [-0.25, -0.2) is 4.79 Å². The Kier molecular flexibility index (Phi) is 2.49. The van der Waals surface area contributed by atoms with E-state index in [-0.39, 0.29) is 12.1 Å². The zero-order valence-electron chi connectivity index (χ0n) is 8.23. The molecule has 0 fully saturated rings. The number of aliphatic carboxylic acids is 1. The van der Waals surface area contributed by atoms with Crippen LogP contribution in [0.1, 0.15) is 18.1 Å². The monoisotopic (exact) mass is 222 g/mol.